The van der Waals surface area contributed by atoms with Crippen molar-refractivity contribution < 1.29 is 4.79 Å². The summed E-state index contributed by atoms with van der Waals surface area (Å²) in [6.45, 7) is 8.58. The molecule has 0 aliphatic rings. The van der Waals surface area contributed by atoms with Crippen molar-refractivity contribution in [2.45, 2.75) is 39.5 Å². The predicted octanol–water partition coefficient (Wildman–Crippen LogP) is 4.83. The molecule has 0 radical (unpaired) electrons. The summed E-state index contributed by atoms with van der Waals surface area (Å²) in [6.07, 6.45) is 0.768. The largest absolute Gasteiger partial charge is 0.315 e. The molecule has 0 aromatic heterocycles. The predicted molar refractivity (Wildman–Crippen MR) is 97.9 cm³/mol. The Morgan fingerprint density at radius 3 is 2.09 bits per heavy atom. The fraction of sp³-hybridized carbons (Fsp3) is 0.381. The lowest BCUT2D eigenvalue weighted by atomic mass is 9.87. The van der Waals surface area contributed by atoms with Crippen molar-refractivity contribution in [3.63, 3.8) is 0 Å². The molecule has 0 N–H and O–H groups in total. The van der Waals surface area contributed by atoms with Crippen LogP contribution < -0.4 is 4.90 Å². The van der Waals surface area contributed by atoms with Gasteiger partial charge in [-0.3, -0.25) is 4.79 Å². The summed E-state index contributed by atoms with van der Waals surface area (Å²) >= 11 is 0. The van der Waals surface area contributed by atoms with Crippen molar-refractivity contribution in [1.82, 2.24) is 0 Å². The molecule has 0 unspecified atom stereocenters. The Labute approximate surface area is 140 Å². The number of carbonyl (C=O) groups is 1. The van der Waals surface area contributed by atoms with Gasteiger partial charge < -0.3 is 4.90 Å². The standard InChI is InChI=1S/C21H27NO/c1-16(15-17-9-7-6-8-10-17)20(23)22(5)19-13-11-18(12-14-19)21(2,3)4/h6-14,16H,15H2,1-5H3/t16-/m0/s1. The Morgan fingerprint density at radius 1 is 1.00 bits per heavy atom. The number of hydrogen-bond acceptors (Lipinski definition) is 1. The third kappa shape index (κ3) is 4.44. The maximum absolute atomic E-state index is 12.7. The fourth-order valence-corrected chi connectivity index (χ4v) is 2.70. The van der Waals surface area contributed by atoms with Crippen LogP contribution in [0.4, 0.5) is 5.69 Å². The molecular formula is C21H27NO. The molecule has 2 nitrogen and oxygen atoms in total. The molecule has 0 aliphatic heterocycles. The first-order chi connectivity index (χ1) is 10.8. The van der Waals surface area contributed by atoms with Crippen LogP contribution in [-0.4, -0.2) is 13.0 Å². The van der Waals surface area contributed by atoms with Crippen LogP contribution in [0.25, 0.3) is 0 Å². The van der Waals surface area contributed by atoms with Crippen molar-refractivity contribution in [2.75, 3.05) is 11.9 Å². The number of amides is 1. The highest BCUT2D eigenvalue weighted by molar-refractivity contribution is 5.94. The average molecular weight is 309 g/mol. The number of rotatable bonds is 4. The van der Waals surface area contributed by atoms with Crippen molar-refractivity contribution >= 4 is 11.6 Å². The van der Waals surface area contributed by atoms with Crippen LogP contribution in [0.3, 0.4) is 0 Å². The van der Waals surface area contributed by atoms with Crippen molar-refractivity contribution in [3.05, 3.63) is 65.7 Å². The summed E-state index contributed by atoms with van der Waals surface area (Å²) < 4.78 is 0. The first-order valence-corrected chi connectivity index (χ1v) is 8.21. The van der Waals surface area contributed by atoms with Gasteiger partial charge in [-0.15, -0.1) is 0 Å². The van der Waals surface area contributed by atoms with Gasteiger partial charge in [-0.05, 0) is 35.1 Å². The Hall–Kier alpha value is -2.09. The van der Waals surface area contributed by atoms with Gasteiger partial charge in [0.1, 0.15) is 0 Å². The van der Waals surface area contributed by atoms with E-state index in [4.69, 9.17) is 0 Å². The Bertz CT molecular complexity index is 638. The maximum Gasteiger partial charge on any atom is 0.229 e. The van der Waals surface area contributed by atoms with E-state index in [-0.39, 0.29) is 17.2 Å². The van der Waals surface area contributed by atoms with Crippen molar-refractivity contribution in [2.24, 2.45) is 5.92 Å². The molecule has 0 bridgehead atoms. The van der Waals surface area contributed by atoms with Gasteiger partial charge in [-0.1, -0.05) is 70.2 Å². The minimum atomic E-state index is -0.0373. The molecule has 2 aromatic rings. The molecule has 1 amide bonds. The smallest absolute Gasteiger partial charge is 0.229 e. The molecule has 0 heterocycles. The van der Waals surface area contributed by atoms with Crippen molar-refractivity contribution in [3.8, 4) is 0 Å². The lowest BCUT2D eigenvalue weighted by Crippen LogP contribution is -2.32. The molecule has 0 spiro atoms. The summed E-state index contributed by atoms with van der Waals surface area (Å²) in [5.74, 6) is 0.113. The van der Waals surface area contributed by atoms with Gasteiger partial charge in [-0.25, -0.2) is 0 Å². The molecule has 23 heavy (non-hydrogen) atoms. The number of hydrogen-bond donors (Lipinski definition) is 0. The summed E-state index contributed by atoms with van der Waals surface area (Å²) in [6, 6.07) is 18.5. The second-order valence-electron chi connectivity index (χ2n) is 7.28. The average Bonchev–Trinajstić information content (AvgIpc) is 2.53. The summed E-state index contributed by atoms with van der Waals surface area (Å²) in [5.41, 5.74) is 3.55. The van der Waals surface area contributed by atoms with Gasteiger partial charge in [0, 0.05) is 18.7 Å². The second-order valence-corrected chi connectivity index (χ2v) is 7.28. The zero-order valence-electron chi connectivity index (χ0n) is 14.8. The third-order valence-electron chi connectivity index (χ3n) is 4.26. The quantitative estimate of drug-likeness (QED) is 0.792. The molecule has 2 aromatic carbocycles. The van der Waals surface area contributed by atoms with E-state index >= 15 is 0 Å². The number of nitrogens with zero attached hydrogens (tertiary/aromatic N) is 1. The van der Waals surface area contributed by atoms with Gasteiger partial charge in [0.2, 0.25) is 5.91 Å². The van der Waals surface area contributed by atoms with E-state index < -0.39 is 0 Å². The van der Waals surface area contributed by atoms with Crippen LogP contribution in [0.15, 0.2) is 54.6 Å². The van der Waals surface area contributed by atoms with Crippen LogP contribution in [0.1, 0.15) is 38.8 Å². The molecule has 2 rings (SSSR count). The molecule has 0 fully saturated rings. The SMILES string of the molecule is C[C@@H](Cc1ccccc1)C(=O)N(C)c1ccc(C(C)(C)C)cc1. The maximum atomic E-state index is 12.7. The van der Waals surface area contributed by atoms with E-state index in [0.717, 1.165) is 12.1 Å². The van der Waals surface area contributed by atoms with Gasteiger partial charge >= 0.3 is 0 Å². The van der Waals surface area contributed by atoms with Crippen LogP contribution in [-0.2, 0) is 16.6 Å². The zero-order valence-corrected chi connectivity index (χ0v) is 14.8. The highest BCUT2D eigenvalue weighted by Gasteiger charge is 2.20. The van der Waals surface area contributed by atoms with Gasteiger partial charge in [0.05, 0.1) is 0 Å². The lowest BCUT2D eigenvalue weighted by Gasteiger charge is -2.24. The summed E-state index contributed by atoms with van der Waals surface area (Å²) in [4.78, 5) is 14.4. The molecule has 122 valence electrons. The Balaban J connectivity index is 2.07. The van der Waals surface area contributed by atoms with Gasteiger partial charge in [-0.2, -0.15) is 0 Å². The Kier molecular flexibility index (Phi) is 5.25. The minimum absolute atomic E-state index is 0.0373. The van der Waals surface area contributed by atoms with Crippen LogP contribution in [0, 0.1) is 5.92 Å². The Morgan fingerprint density at radius 2 is 1.57 bits per heavy atom. The van der Waals surface area contributed by atoms with E-state index in [1.807, 2.05) is 44.3 Å². The minimum Gasteiger partial charge on any atom is -0.315 e. The molecular weight excluding hydrogens is 282 g/mol. The van der Waals surface area contributed by atoms with Crippen LogP contribution in [0.5, 0.6) is 0 Å². The second kappa shape index (κ2) is 6.99. The van der Waals surface area contributed by atoms with E-state index in [9.17, 15) is 4.79 Å². The van der Waals surface area contributed by atoms with E-state index in [2.05, 4.69) is 45.0 Å². The first-order valence-electron chi connectivity index (χ1n) is 8.21. The molecule has 1 atom stereocenters. The van der Waals surface area contributed by atoms with Crippen molar-refractivity contribution in [1.29, 1.82) is 0 Å². The normalized spacial score (nSPS) is 12.7. The van der Waals surface area contributed by atoms with Gasteiger partial charge in [0.25, 0.3) is 0 Å². The highest BCUT2D eigenvalue weighted by Crippen LogP contribution is 2.25. The molecule has 0 aliphatic carbocycles. The van der Waals surface area contributed by atoms with E-state index in [0.29, 0.717) is 0 Å². The topological polar surface area (TPSA) is 20.3 Å². The molecule has 0 saturated heterocycles. The number of carbonyl (C=O) groups excluding carboxylic acids is 1. The van der Waals surface area contributed by atoms with E-state index in [1.54, 1.807) is 4.90 Å². The number of benzene rings is 2. The molecule has 0 saturated carbocycles. The van der Waals surface area contributed by atoms with Crippen LogP contribution >= 0.6 is 0 Å². The molecule has 2 heteroatoms. The fourth-order valence-electron chi connectivity index (χ4n) is 2.70. The van der Waals surface area contributed by atoms with E-state index in [1.165, 1.54) is 11.1 Å². The zero-order chi connectivity index (χ0) is 17.0. The lowest BCUT2D eigenvalue weighted by molar-refractivity contribution is -0.121. The summed E-state index contributed by atoms with van der Waals surface area (Å²) in [5, 5.41) is 0. The third-order valence-corrected chi connectivity index (χ3v) is 4.26. The number of anilines is 1. The van der Waals surface area contributed by atoms with Crippen LogP contribution in [0.2, 0.25) is 0 Å². The summed E-state index contributed by atoms with van der Waals surface area (Å²) in [7, 11) is 1.86. The monoisotopic (exact) mass is 309 g/mol. The first kappa shape index (κ1) is 17.3. The highest BCUT2D eigenvalue weighted by atomic mass is 16.2. The van der Waals surface area contributed by atoms with Gasteiger partial charge in [0.15, 0.2) is 0 Å².